The van der Waals surface area contributed by atoms with E-state index < -0.39 is 0 Å². The number of hydrogen-bond donors (Lipinski definition) is 2. The number of benzene rings is 1. The Labute approximate surface area is 115 Å². The number of rotatable bonds is 6. The molecule has 0 radical (unpaired) electrons. The topological polar surface area (TPSA) is 50.4 Å². The lowest BCUT2D eigenvalue weighted by Gasteiger charge is -2.12. The Morgan fingerprint density at radius 3 is 2.78 bits per heavy atom. The summed E-state index contributed by atoms with van der Waals surface area (Å²) in [7, 11) is 3.49. The number of nitrogens with one attached hydrogen (secondary N) is 2. The van der Waals surface area contributed by atoms with Crippen molar-refractivity contribution in [2.75, 3.05) is 26.0 Å². The smallest absolute Gasteiger partial charge is 0.228 e. The van der Waals surface area contributed by atoms with Crippen LogP contribution in [0, 0.1) is 5.92 Å². The highest BCUT2D eigenvalue weighted by Gasteiger charge is 2.11. The fourth-order valence-electron chi connectivity index (χ4n) is 1.57. The predicted molar refractivity (Wildman–Crippen MR) is 76.1 cm³/mol. The molecule has 0 heterocycles. The normalized spacial score (nSPS) is 11.5. The minimum Gasteiger partial charge on any atom is -0.380 e. The van der Waals surface area contributed by atoms with Gasteiger partial charge in [-0.15, -0.1) is 12.4 Å². The summed E-state index contributed by atoms with van der Waals surface area (Å²) in [5, 5.41) is 5.88. The van der Waals surface area contributed by atoms with Gasteiger partial charge in [0.1, 0.15) is 0 Å². The molecule has 5 heteroatoms. The van der Waals surface area contributed by atoms with E-state index in [1.165, 1.54) is 0 Å². The zero-order chi connectivity index (χ0) is 12.7. The molecule has 4 nitrogen and oxygen atoms in total. The second-order valence-corrected chi connectivity index (χ2v) is 4.08. The Kier molecular flexibility index (Phi) is 8.37. The number of carbonyl (C=O) groups excluding carboxylic acids is 1. The molecule has 102 valence electrons. The molecule has 1 aromatic carbocycles. The van der Waals surface area contributed by atoms with Gasteiger partial charge in [0.15, 0.2) is 0 Å². The van der Waals surface area contributed by atoms with E-state index in [1.807, 2.05) is 38.2 Å². The zero-order valence-electron chi connectivity index (χ0n) is 11.0. The maximum Gasteiger partial charge on any atom is 0.228 e. The van der Waals surface area contributed by atoms with Crippen molar-refractivity contribution in [1.82, 2.24) is 5.32 Å². The first-order chi connectivity index (χ1) is 8.17. The van der Waals surface area contributed by atoms with Crippen molar-refractivity contribution in [2.45, 2.75) is 13.5 Å². The van der Waals surface area contributed by atoms with Gasteiger partial charge >= 0.3 is 0 Å². The monoisotopic (exact) mass is 272 g/mol. The number of hydrogen-bond acceptors (Lipinski definition) is 3. The summed E-state index contributed by atoms with van der Waals surface area (Å²) in [6.07, 6.45) is 0. The van der Waals surface area contributed by atoms with Crippen molar-refractivity contribution < 1.29 is 9.53 Å². The second-order valence-electron chi connectivity index (χ2n) is 4.08. The Morgan fingerprint density at radius 1 is 1.44 bits per heavy atom. The minimum absolute atomic E-state index is 0. The van der Waals surface area contributed by atoms with Crippen LogP contribution in [0.5, 0.6) is 0 Å². The van der Waals surface area contributed by atoms with Gasteiger partial charge in [-0.25, -0.2) is 0 Å². The molecular formula is C13H21ClN2O2. The van der Waals surface area contributed by atoms with Crippen LogP contribution in [0.2, 0.25) is 0 Å². The van der Waals surface area contributed by atoms with Gasteiger partial charge in [0, 0.05) is 25.3 Å². The van der Waals surface area contributed by atoms with Crippen molar-refractivity contribution in [3.8, 4) is 0 Å². The highest BCUT2D eigenvalue weighted by atomic mass is 35.5. The summed E-state index contributed by atoms with van der Waals surface area (Å²) in [6, 6.07) is 7.68. The summed E-state index contributed by atoms with van der Waals surface area (Å²) in [5.74, 6) is -0.0278. The third-order valence-electron chi connectivity index (χ3n) is 2.46. The molecule has 0 bridgehead atoms. The lowest BCUT2D eigenvalue weighted by Crippen LogP contribution is -2.28. The molecule has 0 aliphatic heterocycles. The summed E-state index contributed by atoms with van der Waals surface area (Å²) in [5.41, 5.74) is 1.86. The molecular weight excluding hydrogens is 252 g/mol. The highest BCUT2D eigenvalue weighted by molar-refractivity contribution is 5.92. The molecule has 1 unspecified atom stereocenters. The van der Waals surface area contributed by atoms with E-state index in [9.17, 15) is 4.79 Å². The number of anilines is 1. The van der Waals surface area contributed by atoms with Crippen LogP contribution in [0.15, 0.2) is 24.3 Å². The van der Waals surface area contributed by atoms with Gasteiger partial charge in [-0.3, -0.25) is 4.79 Å². The SMILES string of the molecule is CNCC(C)C(=O)Nc1cccc(COC)c1.Cl. The van der Waals surface area contributed by atoms with Crippen LogP contribution in [0.1, 0.15) is 12.5 Å². The predicted octanol–water partition coefficient (Wildman–Crippen LogP) is 2.05. The highest BCUT2D eigenvalue weighted by Crippen LogP contribution is 2.12. The standard InChI is InChI=1S/C13H20N2O2.ClH/c1-10(8-14-2)13(16)15-12-6-4-5-11(7-12)9-17-3;/h4-7,10,14H,8-9H2,1-3H3,(H,15,16);1H. The first-order valence-electron chi connectivity index (χ1n) is 5.70. The molecule has 2 N–H and O–H groups in total. The molecule has 1 aromatic rings. The molecule has 0 saturated heterocycles. The van der Waals surface area contributed by atoms with Crippen molar-refractivity contribution in [2.24, 2.45) is 5.92 Å². The van der Waals surface area contributed by atoms with Gasteiger partial charge in [0.25, 0.3) is 0 Å². The van der Waals surface area contributed by atoms with E-state index in [0.717, 1.165) is 11.3 Å². The molecule has 0 aliphatic rings. The van der Waals surface area contributed by atoms with Gasteiger partial charge in [-0.05, 0) is 24.7 Å². The van der Waals surface area contributed by atoms with Crippen LogP contribution in [0.4, 0.5) is 5.69 Å². The van der Waals surface area contributed by atoms with Gasteiger partial charge in [-0.1, -0.05) is 19.1 Å². The molecule has 18 heavy (non-hydrogen) atoms. The Morgan fingerprint density at radius 2 is 2.17 bits per heavy atom. The van der Waals surface area contributed by atoms with Crippen LogP contribution in [0.25, 0.3) is 0 Å². The van der Waals surface area contributed by atoms with Gasteiger partial charge in [0.2, 0.25) is 5.91 Å². The summed E-state index contributed by atoms with van der Waals surface area (Å²) in [6.45, 7) is 3.12. The number of carbonyl (C=O) groups is 1. The maximum absolute atomic E-state index is 11.8. The van der Waals surface area contributed by atoms with Crippen LogP contribution in [-0.2, 0) is 16.1 Å². The van der Waals surface area contributed by atoms with E-state index in [4.69, 9.17) is 4.74 Å². The van der Waals surface area contributed by atoms with Gasteiger partial charge < -0.3 is 15.4 Å². The van der Waals surface area contributed by atoms with Crippen LogP contribution in [0.3, 0.4) is 0 Å². The average molecular weight is 273 g/mol. The fraction of sp³-hybridized carbons (Fsp3) is 0.462. The van der Waals surface area contributed by atoms with Crippen LogP contribution >= 0.6 is 12.4 Å². The number of amides is 1. The molecule has 1 rings (SSSR count). The third-order valence-corrected chi connectivity index (χ3v) is 2.46. The Hall–Kier alpha value is -1.10. The molecule has 0 saturated carbocycles. The minimum atomic E-state index is -0.0499. The lowest BCUT2D eigenvalue weighted by molar-refractivity contribution is -0.119. The average Bonchev–Trinajstić information content (AvgIpc) is 2.30. The lowest BCUT2D eigenvalue weighted by atomic mass is 10.1. The first-order valence-corrected chi connectivity index (χ1v) is 5.70. The molecule has 1 atom stereocenters. The quantitative estimate of drug-likeness (QED) is 0.833. The van der Waals surface area contributed by atoms with E-state index in [2.05, 4.69) is 10.6 Å². The van der Waals surface area contributed by atoms with E-state index in [-0.39, 0.29) is 24.2 Å². The first kappa shape index (κ1) is 16.9. The van der Waals surface area contributed by atoms with E-state index >= 15 is 0 Å². The largest absolute Gasteiger partial charge is 0.380 e. The molecule has 0 spiro atoms. The number of halogens is 1. The number of ether oxygens (including phenoxy) is 1. The summed E-state index contributed by atoms with van der Waals surface area (Å²) >= 11 is 0. The van der Waals surface area contributed by atoms with Gasteiger partial charge in [-0.2, -0.15) is 0 Å². The van der Waals surface area contributed by atoms with Crippen LogP contribution in [-0.4, -0.2) is 26.6 Å². The van der Waals surface area contributed by atoms with E-state index in [1.54, 1.807) is 7.11 Å². The van der Waals surface area contributed by atoms with Crippen molar-refractivity contribution in [1.29, 1.82) is 0 Å². The Balaban J connectivity index is 0.00000289. The van der Waals surface area contributed by atoms with Crippen molar-refractivity contribution in [3.05, 3.63) is 29.8 Å². The number of methoxy groups -OCH3 is 1. The summed E-state index contributed by atoms with van der Waals surface area (Å²) in [4.78, 5) is 11.8. The molecule has 0 aliphatic carbocycles. The van der Waals surface area contributed by atoms with Crippen LogP contribution < -0.4 is 10.6 Å². The van der Waals surface area contributed by atoms with Crippen molar-refractivity contribution >= 4 is 24.0 Å². The summed E-state index contributed by atoms with van der Waals surface area (Å²) < 4.78 is 5.05. The van der Waals surface area contributed by atoms with Gasteiger partial charge in [0.05, 0.1) is 6.61 Å². The molecule has 0 aromatic heterocycles. The molecule has 0 fully saturated rings. The second kappa shape index (κ2) is 8.91. The fourth-order valence-corrected chi connectivity index (χ4v) is 1.57. The maximum atomic E-state index is 11.8. The van der Waals surface area contributed by atoms with Crippen molar-refractivity contribution in [3.63, 3.8) is 0 Å². The van der Waals surface area contributed by atoms with E-state index in [0.29, 0.717) is 13.2 Å². The zero-order valence-corrected chi connectivity index (χ0v) is 11.8. The third kappa shape index (κ3) is 5.49. The Bertz CT molecular complexity index is 372. The molecule has 1 amide bonds.